The Bertz CT molecular complexity index is 958. The quantitative estimate of drug-likeness (QED) is 0.304. The molecule has 140 valence electrons. The molecule has 1 aliphatic heterocycles. The minimum absolute atomic E-state index is 0.145. The van der Waals surface area contributed by atoms with Gasteiger partial charge in [-0.2, -0.15) is 0 Å². The summed E-state index contributed by atoms with van der Waals surface area (Å²) in [5, 5.41) is 0. The summed E-state index contributed by atoms with van der Waals surface area (Å²) in [6.07, 6.45) is 2.13. The van der Waals surface area contributed by atoms with E-state index in [1.54, 1.807) is 0 Å². The molecule has 0 saturated carbocycles. The molecule has 0 unspecified atom stereocenters. The van der Waals surface area contributed by atoms with E-state index in [1.807, 2.05) is 30.3 Å². The van der Waals surface area contributed by atoms with Gasteiger partial charge >= 0.3 is 0 Å². The van der Waals surface area contributed by atoms with Crippen LogP contribution >= 0.6 is 0 Å². The van der Waals surface area contributed by atoms with Crippen LogP contribution in [0, 0.1) is 17.2 Å². The largest absolute Gasteiger partial charge is 0.290 e. The Labute approximate surface area is 158 Å². The Morgan fingerprint density at radius 1 is 1.04 bits per heavy atom. The number of hydrogen-bond acceptors (Lipinski definition) is 5. The number of fused-ring (bicyclic) bond motifs is 3. The highest BCUT2D eigenvalue weighted by molar-refractivity contribution is 5.96. The Hall–Kier alpha value is -2.55. The highest BCUT2D eigenvalue weighted by atomic mass is 35.7. The first-order valence-corrected chi connectivity index (χ1v) is 9.35. The molecule has 0 fully saturated rings. The molecule has 1 aliphatic rings. The Morgan fingerprint density at radius 2 is 1.63 bits per heavy atom. The summed E-state index contributed by atoms with van der Waals surface area (Å²) < 4.78 is 38.3. The standard InChI is InChI=1S/C19H17N2O.ClHO4/c1-14-11-20-12-16-9-5-6-10-17(16)19(20)21(14)13-18(22)15-7-3-2-4-8-15;2-1(3,4)5/h2-11H,12-13H2,1H3;(H,2,3,4,5)/q+1;/p-1. The van der Waals surface area contributed by atoms with Gasteiger partial charge in [-0.3, -0.25) is 4.79 Å². The van der Waals surface area contributed by atoms with E-state index in [1.165, 1.54) is 11.1 Å². The molecular weight excluding hydrogens is 372 g/mol. The maximum absolute atomic E-state index is 12.5. The number of rotatable bonds is 3. The van der Waals surface area contributed by atoms with Crippen LogP contribution in [-0.4, -0.2) is 10.4 Å². The maximum atomic E-state index is 12.5. The van der Waals surface area contributed by atoms with Gasteiger partial charge in [0.25, 0.3) is 5.82 Å². The fourth-order valence-corrected chi connectivity index (χ4v) is 3.22. The number of halogens is 1. The van der Waals surface area contributed by atoms with Crippen molar-refractivity contribution < 1.29 is 38.2 Å². The van der Waals surface area contributed by atoms with Gasteiger partial charge < -0.3 is 0 Å². The minimum atomic E-state index is -4.94. The zero-order chi connectivity index (χ0) is 19.6. The van der Waals surface area contributed by atoms with E-state index in [9.17, 15) is 4.79 Å². The van der Waals surface area contributed by atoms with E-state index in [0.29, 0.717) is 6.54 Å². The summed E-state index contributed by atoms with van der Waals surface area (Å²) in [6.45, 7) is 3.33. The minimum Gasteiger partial charge on any atom is -0.290 e. The van der Waals surface area contributed by atoms with Gasteiger partial charge in [0.2, 0.25) is 5.78 Å². The lowest BCUT2D eigenvalue weighted by molar-refractivity contribution is -2.00. The number of aryl methyl sites for hydroxylation is 1. The van der Waals surface area contributed by atoms with Crippen LogP contribution < -0.4 is 23.2 Å². The van der Waals surface area contributed by atoms with Crippen LogP contribution in [0.2, 0.25) is 0 Å². The number of aromatic nitrogens is 2. The average molecular weight is 389 g/mol. The van der Waals surface area contributed by atoms with Crippen LogP contribution in [0.5, 0.6) is 0 Å². The molecule has 2 aromatic carbocycles. The molecule has 1 aromatic heterocycles. The van der Waals surface area contributed by atoms with Crippen LogP contribution in [-0.2, 0) is 13.1 Å². The molecule has 0 amide bonds. The van der Waals surface area contributed by atoms with Crippen molar-refractivity contribution in [3.05, 3.63) is 77.6 Å². The molecule has 0 saturated heterocycles. The Balaban J connectivity index is 0.000000376. The molecular formula is C19H17ClN2O5. The SMILES string of the molecule is Cc1c[n+]2c(n1CC(=O)c1ccccc1)-c1ccccc1C2.[O-][Cl+3]([O-])([O-])[O-]. The molecule has 2 heterocycles. The van der Waals surface area contributed by atoms with Crippen molar-refractivity contribution >= 4 is 5.78 Å². The molecule has 3 aromatic rings. The highest BCUT2D eigenvalue weighted by Crippen LogP contribution is 2.28. The van der Waals surface area contributed by atoms with Crippen LogP contribution in [0.4, 0.5) is 0 Å². The third kappa shape index (κ3) is 4.60. The maximum Gasteiger partial charge on any atom is 0.290 e. The van der Waals surface area contributed by atoms with Gasteiger partial charge in [0.05, 0.1) is 5.56 Å². The summed E-state index contributed by atoms with van der Waals surface area (Å²) >= 11 is 0. The van der Waals surface area contributed by atoms with E-state index in [0.717, 1.165) is 23.6 Å². The smallest absolute Gasteiger partial charge is 0.290 e. The van der Waals surface area contributed by atoms with Crippen molar-refractivity contribution in [2.24, 2.45) is 0 Å². The van der Waals surface area contributed by atoms with Crippen molar-refractivity contribution in [3.8, 4) is 11.4 Å². The van der Waals surface area contributed by atoms with Gasteiger partial charge in [0.1, 0.15) is 18.4 Å². The van der Waals surface area contributed by atoms with Crippen molar-refractivity contribution in [3.63, 3.8) is 0 Å². The second-order valence-electron chi connectivity index (χ2n) is 6.13. The third-order valence-electron chi connectivity index (χ3n) is 4.29. The van der Waals surface area contributed by atoms with Gasteiger partial charge in [-0.25, -0.2) is 27.8 Å². The molecule has 0 spiro atoms. The zero-order valence-corrected chi connectivity index (χ0v) is 15.3. The molecule has 0 radical (unpaired) electrons. The van der Waals surface area contributed by atoms with Crippen LogP contribution in [0.15, 0.2) is 60.8 Å². The molecule has 0 atom stereocenters. The van der Waals surface area contributed by atoms with Crippen LogP contribution in [0.1, 0.15) is 21.6 Å². The second kappa shape index (κ2) is 7.59. The van der Waals surface area contributed by atoms with Crippen molar-refractivity contribution in [1.29, 1.82) is 0 Å². The van der Waals surface area contributed by atoms with Crippen LogP contribution in [0.3, 0.4) is 0 Å². The third-order valence-corrected chi connectivity index (χ3v) is 4.29. The molecule has 0 bridgehead atoms. The van der Waals surface area contributed by atoms with E-state index in [4.69, 9.17) is 18.6 Å². The Kier molecular flexibility index (Phi) is 5.41. The monoisotopic (exact) mass is 388 g/mol. The molecule has 0 N–H and O–H groups in total. The fraction of sp³-hybridized carbons (Fsp3) is 0.158. The number of nitrogens with zero attached hydrogens (tertiary/aromatic N) is 2. The molecule has 4 rings (SSSR count). The number of imidazole rings is 1. The first kappa shape index (κ1) is 19.2. The van der Waals surface area contributed by atoms with Gasteiger partial charge in [0.15, 0.2) is 6.54 Å². The van der Waals surface area contributed by atoms with Crippen molar-refractivity contribution in [2.45, 2.75) is 20.0 Å². The molecule has 27 heavy (non-hydrogen) atoms. The van der Waals surface area contributed by atoms with Gasteiger partial charge in [0, 0.05) is 18.1 Å². The lowest BCUT2D eigenvalue weighted by atomic mass is 10.1. The molecule has 0 aliphatic carbocycles. The number of carbonyl (C=O) groups excluding carboxylic acids is 1. The summed E-state index contributed by atoms with van der Waals surface area (Å²) in [6, 6.07) is 17.9. The predicted octanol–water partition coefficient (Wildman–Crippen LogP) is -1.76. The number of hydrogen-bond donors (Lipinski definition) is 0. The summed E-state index contributed by atoms with van der Waals surface area (Å²) in [4.78, 5) is 12.5. The normalized spacial score (nSPS) is 12.0. The Morgan fingerprint density at radius 3 is 2.30 bits per heavy atom. The number of carbonyl (C=O) groups is 1. The topological polar surface area (TPSA) is 118 Å². The number of Topliss-reactive ketones (excluding diaryl/α,β-unsaturated/α-hetero) is 1. The number of benzene rings is 2. The first-order chi connectivity index (χ1) is 12.7. The van der Waals surface area contributed by atoms with Crippen molar-refractivity contribution in [2.75, 3.05) is 0 Å². The van der Waals surface area contributed by atoms with Crippen molar-refractivity contribution in [1.82, 2.24) is 4.57 Å². The highest BCUT2D eigenvalue weighted by Gasteiger charge is 2.31. The van der Waals surface area contributed by atoms with Gasteiger partial charge in [-0.05, 0) is 6.07 Å². The summed E-state index contributed by atoms with van der Waals surface area (Å²) in [7, 11) is -4.94. The predicted molar refractivity (Wildman–Crippen MR) is 84.7 cm³/mol. The zero-order valence-electron chi connectivity index (χ0n) is 14.5. The van der Waals surface area contributed by atoms with Gasteiger partial charge in [-0.1, -0.05) is 48.5 Å². The second-order valence-corrected chi connectivity index (χ2v) is 6.89. The van der Waals surface area contributed by atoms with E-state index < -0.39 is 10.2 Å². The lowest BCUT2D eigenvalue weighted by Crippen LogP contribution is -2.68. The summed E-state index contributed by atoms with van der Waals surface area (Å²) in [5.41, 5.74) is 4.43. The van der Waals surface area contributed by atoms with E-state index in [2.05, 4.69) is 46.5 Å². The number of ketones is 1. The van der Waals surface area contributed by atoms with E-state index >= 15 is 0 Å². The average Bonchev–Trinajstić information content (AvgIpc) is 3.10. The molecule has 7 nitrogen and oxygen atoms in total. The lowest BCUT2D eigenvalue weighted by Gasteiger charge is -2.17. The summed E-state index contributed by atoms with van der Waals surface area (Å²) in [5.74, 6) is 1.28. The first-order valence-electron chi connectivity index (χ1n) is 8.12. The molecule has 8 heteroatoms. The van der Waals surface area contributed by atoms with Crippen LogP contribution in [0.25, 0.3) is 11.4 Å². The fourth-order valence-electron chi connectivity index (χ4n) is 3.22. The van der Waals surface area contributed by atoms with Gasteiger partial charge in [-0.15, -0.1) is 10.2 Å². The van der Waals surface area contributed by atoms with E-state index in [-0.39, 0.29) is 5.78 Å².